The van der Waals surface area contributed by atoms with Crippen molar-refractivity contribution >= 4 is 18.0 Å². The number of hydrogen-bond acceptors (Lipinski definition) is 5. The van der Waals surface area contributed by atoms with Gasteiger partial charge < -0.3 is 9.84 Å². The maximum Gasteiger partial charge on any atom is 0.308 e. The summed E-state index contributed by atoms with van der Waals surface area (Å²) in [5, 5.41) is 9.91. The minimum atomic E-state index is -0.751. The van der Waals surface area contributed by atoms with E-state index in [0.717, 1.165) is 0 Å². The molecule has 1 aliphatic rings. The Morgan fingerprint density at radius 3 is 2.18 bits per heavy atom. The summed E-state index contributed by atoms with van der Waals surface area (Å²) in [4.78, 5) is 34.5. The van der Waals surface area contributed by atoms with Gasteiger partial charge >= 0.3 is 5.97 Å². The minimum Gasteiger partial charge on any atom is -0.426 e. The molecule has 1 saturated carbocycles. The van der Waals surface area contributed by atoms with Gasteiger partial charge in [0.25, 0.3) is 0 Å². The fourth-order valence-corrected chi connectivity index (χ4v) is 2.91. The Bertz CT molecular complexity index is 541. The molecule has 0 aromatic rings. The number of allylic oxidation sites excluding steroid dienone is 3. The Balaban J connectivity index is 3.20. The maximum absolute atomic E-state index is 12.7. The molecule has 2 atom stereocenters. The predicted octanol–water partition coefficient (Wildman–Crippen LogP) is 2.33. The lowest BCUT2D eigenvalue weighted by molar-refractivity contribution is -0.136. The molecular weight excluding hydrogens is 284 g/mol. The first kappa shape index (κ1) is 18.3. The molecule has 0 radical (unpaired) electrons. The average molecular weight is 308 g/mol. The molecule has 1 aliphatic carbocycles. The van der Waals surface area contributed by atoms with Gasteiger partial charge in [-0.15, -0.1) is 0 Å². The van der Waals surface area contributed by atoms with Gasteiger partial charge in [0, 0.05) is 18.4 Å². The van der Waals surface area contributed by atoms with Crippen LogP contribution in [0.3, 0.4) is 0 Å². The fraction of sp³-hybridized carbons (Fsp3) is 0.588. The molecule has 1 rings (SSSR count). The zero-order valence-electron chi connectivity index (χ0n) is 13.8. The largest absolute Gasteiger partial charge is 0.426 e. The SMILES string of the molecule is CC(=O)OC(=C/C(=O)[C@]1(C)C[C@@H](O)CC1(C)C)/C(C)=C/C=O. The van der Waals surface area contributed by atoms with Crippen LogP contribution in [0.5, 0.6) is 0 Å². The molecule has 0 amide bonds. The molecule has 122 valence electrons. The number of aliphatic hydroxyl groups excluding tert-OH is 1. The van der Waals surface area contributed by atoms with Crippen LogP contribution in [0.25, 0.3) is 0 Å². The van der Waals surface area contributed by atoms with E-state index in [1.54, 1.807) is 6.92 Å². The van der Waals surface area contributed by atoms with E-state index < -0.39 is 17.5 Å². The lowest BCUT2D eigenvalue weighted by atomic mass is 9.66. The molecule has 1 fully saturated rings. The number of aliphatic hydroxyl groups is 1. The Kier molecular flexibility index (Phi) is 5.46. The molecule has 1 N–H and O–H groups in total. The highest BCUT2D eigenvalue weighted by Crippen LogP contribution is 2.53. The molecule has 0 spiro atoms. The molecule has 0 aromatic heterocycles. The number of carbonyl (C=O) groups excluding carboxylic acids is 3. The van der Waals surface area contributed by atoms with Crippen LogP contribution in [0.4, 0.5) is 0 Å². The summed E-state index contributed by atoms with van der Waals surface area (Å²) in [6, 6.07) is 0. The molecule has 5 nitrogen and oxygen atoms in total. The third kappa shape index (κ3) is 3.71. The first-order valence-electron chi connectivity index (χ1n) is 7.28. The maximum atomic E-state index is 12.7. The van der Waals surface area contributed by atoms with Crippen LogP contribution in [0, 0.1) is 10.8 Å². The predicted molar refractivity (Wildman–Crippen MR) is 81.8 cm³/mol. The van der Waals surface area contributed by atoms with Crippen LogP contribution in [0.15, 0.2) is 23.5 Å². The van der Waals surface area contributed by atoms with Crippen LogP contribution in [-0.4, -0.2) is 29.2 Å². The van der Waals surface area contributed by atoms with E-state index in [2.05, 4.69) is 0 Å². The second kappa shape index (κ2) is 6.57. The summed E-state index contributed by atoms with van der Waals surface area (Å²) >= 11 is 0. The molecule has 0 bridgehead atoms. The zero-order chi connectivity index (χ0) is 17.1. The van der Waals surface area contributed by atoms with E-state index in [1.807, 2.05) is 20.8 Å². The minimum absolute atomic E-state index is 0.0722. The number of hydrogen-bond donors (Lipinski definition) is 1. The lowest BCUT2D eigenvalue weighted by Gasteiger charge is -2.35. The van der Waals surface area contributed by atoms with Gasteiger partial charge in [0.05, 0.1) is 6.10 Å². The van der Waals surface area contributed by atoms with Gasteiger partial charge in [-0.2, -0.15) is 0 Å². The summed E-state index contributed by atoms with van der Waals surface area (Å²) in [6.07, 6.45) is 3.44. The van der Waals surface area contributed by atoms with Crippen LogP contribution >= 0.6 is 0 Å². The van der Waals surface area contributed by atoms with Gasteiger partial charge in [0.1, 0.15) is 12.0 Å². The van der Waals surface area contributed by atoms with Gasteiger partial charge in [-0.1, -0.05) is 20.8 Å². The summed E-state index contributed by atoms with van der Waals surface area (Å²) in [6.45, 7) is 8.51. The molecule has 0 aliphatic heterocycles. The summed E-state index contributed by atoms with van der Waals surface area (Å²) in [5.74, 6) is -0.708. The monoisotopic (exact) mass is 308 g/mol. The smallest absolute Gasteiger partial charge is 0.308 e. The van der Waals surface area contributed by atoms with Crippen molar-refractivity contribution < 1.29 is 24.2 Å². The van der Waals surface area contributed by atoms with Gasteiger partial charge in [0.15, 0.2) is 5.78 Å². The molecular formula is C17H24O5. The normalized spacial score (nSPS) is 28.4. The highest BCUT2D eigenvalue weighted by Gasteiger charge is 2.53. The van der Waals surface area contributed by atoms with Crippen molar-refractivity contribution in [2.45, 2.75) is 53.6 Å². The molecule has 5 heteroatoms. The van der Waals surface area contributed by atoms with Crippen molar-refractivity contribution in [3.05, 3.63) is 23.5 Å². The molecule has 0 heterocycles. The number of carbonyl (C=O) groups is 3. The van der Waals surface area contributed by atoms with Crippen molar-refractivity contribution in [2.24, 2.45) is 10.8 Å². The zero-order valence-corrected chi connectivity index (χ0v) is 13.8. The van der Waals surface area contributed by atoms with Gasteiger partial charge in [0.2, 0.25) is 0 Å². The van der Waals surface area contributed by atoms with E-state index >= 15 is 0 Å². The second-order valence-corrected chi connectivity index (χ2v) is 6.73. The van der Waals surface area contributed by atoms with Crippen LogP contribution < -0.4 is 0 Å². The summed E-state index contributed by atoms with van der Waals surface area (Å²) in [5.41, 5.74) is -0.721. The van der Waals surface area contributed by atoms with E-state index in [1.165, 1.54) is 19.1 Å². The highest BCUT2D eigenvalue weighted by atomic mass is 16.5. The first-order chi connectivity index (χ1) is 10.0. The number of rotatable bonds is 5. The fourth-order valence-electron chi connectivity index (χ4n) is 2.91. The molecule has 22 heavy (non-hydrogen) atoms. The van der Waals surface area contributed by atoms with Crippen molar-refractivity contribution in [2.75, 3.05) is 0 Å². The topological polar surface area (TPSA) is 80.7 Å². The Labute approximate surface area is 131 Å². The van der Waals surface area contributed by atoms with E-state index in [0.29, 0.717) is 24.7 Å². The van der Waals surface area contributed by atoms with Gasteiger partial charge in [-0.3, -0.25) is 14.4 Å². The molecule has 0 saturated heterocycles. The van der Waals surface area contributed by atoms with Gasteiger partial charge in [-0.05, 0) is 36.8 Å². The molecule has 0 unspecified atom stereocenters. The quantitative estimate of drug-likeness (QED) is 0.277. The number of esters is 1. The lowest BCUT2D eigenvalue weighted by Crippen LogP contribution is -2.37. The number of ketones is 1. The summed E-state index contributed by atoms with van der Waals surface area (Å²) < 4.78 is 5.05. The Morgan fingerprint density at radius 1 is 1.18 bits per heavy atom. The van der Waals surface area contributed by atoms with Crippen LogP contribution in [0.2, 0.25) is 0 Å². The number of aldehydes is 1. The van der Waals surface area contributed by atoms with Crippen LogP contribution in [0.1, 0.15) is 47.5 Å². The summed E-state index contributed by atoms with van der Waals surface area (Å²) in [7, 11) is 0. The third-order valence-corrected chi connectivity index (χ3v) is 4.65. The van der Waals surface area contributed by atoms with Crippen molar-refractivity contribution in [3.63, 3.8) is 0 Å². The van der Waals surface area contributed by atoms with E-state index in [4.69, 9.17) is 4.74 Å². The average Bonchev–Trinajstić information content (AvgIpc) is 2.57. The highest BCUT2D eigenvalue weighted by molar-refractivity contribution is 5.96. The van der Waals surface area contributed by atoms with Crippen molar-refractivity contribution in [1.82, 2.24) is 0 Å². The van der Waals surface area contributed by atoms with Gasteiger partial charge in [-0.25, -0.2) is 0 Å². The molecule has 0 aromatic carbocycles. The standard InChI is InChI=1S/C17H24O5/c1-11(6-7-18)14(22-12(2)19)8-15(21)17(5)10-13(20)9-16(17,3)4/h6-8,13,20H,9-10H2,1-5H3/b11-6+,14-8+/t13-,17-/m0/s1. The van der Waals surface area contributed by atoms with Crippen molar-refractivity contribution in [3.8, 4) is 0 Å². The third-order valence-electron chi connectivity index (χ3n) is 4.65. The van der Waals surface area contributed by atoms with Crippen LogP contribution in [-0.2, 0) is 19.1 Å². The van der Waals surface area contributed by atoms with Crippen molar-refractivity contribution in [1.29, 1.82) is 0 Å². The Morgan fingerprint density at radius 2 is 1.77 bits per heavy atom. The van der Waals surface area contributed by atoms with E-state index in [9.17, 15) is 19.5 Å². The Hall–Kier alpha value is -1.75. The second-order valence-electron chi connectivity index (χ2n) is 6.73. The number of ether oxygens (including phenoxy) is 1. The first-order valence-corrected chi connectivity index (χ1v) is 7.28. The van der Waals surface area contributed by atoms with E-state index in [-0.39, 0.29) is 17.0 Å².